The van der Waals surface area contributed by atoms with Crippen molar-refractivity contribution in [2.45, 2.75) is 0 Å². The standard InChI is InChI=1S/C19H15N3O3S2/c1-2-11-25-15-5-3-13(4-6-15)12-16-18(24)22(19(26)27-16)21-17(23)14-7-9-20-10-8-14/h2-10,12H,1,11H2,(H,21,23)/b16-12+. The van der Waals surface area contributed by atoms with Crippen molar-refractivity contribution in [1.82, 2.24) is 15.4 Å². The number of amides is 2. The van der Waals surface area contributed by atoms with Crippen LogP contribution in [0.25, 0.3) is 6.08 Å². The zero-order valence-electron chi connectivity index (χ0n) is 14.1. The molecule has 0 radical (unpaired) electrons. The van der Waals surface area contributed by atoms with Gasteiger partial charge in [-0.2, -0.15) is 5.01 Å². The molecule has 2 amide bonds. The second-order valence-corrected chi connectivity index (χ2v) is 7.04. The Bertz CT molecular complexity index is 912. The lowest BCUT2D eigenvalue weighted by Crippen LogP contribution is -2.44. The molecule has 1 N–H and O–H groups in total. The van der Waals surface area contributed by atoms with Crippen molar-refractivity contribution in [2.24, 2.45) is 0 Å². The highest BCUT2D eigenvalue weighted by Crippen LogP contribution is 2.31. The molecule has 1 aromatic heterocycles. The third-order valence-electron chi connectivity index (χ3n) is 3.50. The van der Waals surface area contributed by atoms with Crippen molar-refractivity contribution in [1.29, 1.82) is 0 Å². The third kappa shape index (κ3) is 4.60. The maximum absolute atomic E-state index is 12.6. The predicted octanol–water partition coefficient (Wildman–Crippen LogP) is 3.19. The molecular formula is C19H15N3O3S2. The molecule has 0 aliphatic carbocycles. The quantitative estimate of drug-likeness (QED) is 0.459. The normalized spacial score (nSPS) is 15.1. The van der Waals surface area contributed by atoms with Gasteiger partial charge in [-0.3, -0.25) is 20.0 Å². The van der Waals surface area contributed by atoms with Crippen molar-refractivity contribution < 1.29 is 14.3 Å². The maximum Gasteiger partial charge on any atom is 0.285 e. The van der Waals surface area contributed by atoms with Gasteiger partial charge in [0.2, 0.25) is 0 Å². The lowest BCUT2D eigenvalue weighted by Gasteiger charge is -2.15. The fraction of sp³-hybridized carbons (Fsp3) is 0.0526. The Balaban J connectivity index is 1.70. The maximum atomic E-state index is 12.6. The van der Waals surface area contributed by atoms with Crippen LogP contribution in [0.2, 0.25) is 0 Å². The van der Waals surface area contributed by atoms with E-state index in [9.17, 15) is 9.59 Å². The number of hydrogen-bond donors (Lipinski definition) is 1. The number of nitrogens with zero attached hydrogens (tertiary/aromatic N) is 2. The van der Waals surface area contributed by atoms with Gasteiger partial charge in [0.05, 0.1) is 4.91 Å². The van der Waals surface area contributed by atoms with Crippen LogP contribution in [0.15, 0.2) is 66.4 Å². The number of nitrogens with one attached hydrogen (secondary N) is 1. The molecule has 0 bridgehead atoms. The molecule has 1 fully saturated rings. The number of benzene rings is 1. The highest BCUT2D eigenvalue weighted by molar-refractivity contribution is 8.26. The number of hydrazine groups is 1. The molecule has 1 aliphatic rings. The predicted molar refractivity (Wildman–Crippen MR) is 109 cm³/mol. The lowest BCUT2D eigenvalue weighted by atomic mass is 10.2. The summed E-state index contributed by atoms with van der Waals surface area (Å²) in [5, 5.41) is 1.08. The molecule has 1 aromatic carbocycles. The van der Waals surface area contributed by atoms with E-state index in [2.05, 4.69) is 17.0 Å². The summed E-state index contributed by atoms with van der Waals surface area (Å²) in [7, 11) is 0. The largest absolute Gasteiger partial charge is 0.490 e. The number of ether oxygens (including phenoxy) is 1. The van der Waals surface area contributed by atoms with Crippen molar-refractivity contribution in [3.05, 3.63) is 77.5 Å². The van der Waals surface area contributed by atoms with Gasteiger partial charge in [-0.25, -0.2) is 0 Å². The summed E-state index contributed by atoms with van der Waals surface area (Å²) in [6.45, 7) is 4.03. The van der Waals surface area contributed by atoms with E-state index in [0.29, 0.717) is 22.8 Å². The Hall–Kier alpha value is -2.97. The number of rotatable bonds is 6. The molecule has 0 saturated carbocycles. The van der Waals surface area contributed by atoms with Gasteiger partial charge in [-0.15, -0.1) is 0 Å². The summed E-state index contributed by atoms with van der Waals surface area (Å²) in [5.74, 6) is -0.0951. The number of hydrogen-bond acceptors (Lipinski definition) is 6. The Morgan fingerprint density at radius 1 is 1.26 bits per heavy atom. The van der Waals surface area contributed by atoms with Crippen LogP contribution in [0.1, 0.15) is 15.9 Å². The first-order chi connectivity index (χ1) is 13.1. The summed E-state index contributed by atoms with van der Waals surface area (Å²) in [6, 6.07) is 10.4. The highest BCUT2D eigenvalue weighted by atomic mass is 32.2. The average molecular weight is 397 g/mol. The van der Waals surface area contributed by atoms with Gasteiger partial charge in [0.15, 0.2) is 4.32 Å². The molecule has 0 atom stereocenters. The molecule has 0 unspecified atom stereocenters. The van der Waals surface area contributed by atoms with Gasteiger partial charge in [-0.05, 0) is 48.1 Å². The Labute approximate surface area is 165 Å². The summed E-state index contributed by atoms with van der Waals surface area (Å²) >= 11 is 6.35. The number of pyridine rings is 1. The van der Waals surface area contributed by atoms with E-state index in [0.717, 1.165) is 22.3 Å². The average Bonchev–Trinajstić information content (AvgIpc) is 2.95. The molecule has 3 rings (SSSR count). The van der Waals surface area contributed by atoms with Crippen LogP contribution in [-0.2, 0) is 4.79 Å². The number of aromatic nitrogens is 1. The zero-order valence-corrected chi connectivity index (χ0v) is 15.8. The van der Waals surface area contributed by atoms with Crippen LogP contribution in [0.4, 0.5) is 0 Å². The molecule has 8 heteroatoms. The molecule has 6 nitrogen and oxygen atoms in total. The molecule has 136 valence electrons. The molecule has 2 heterocycles. The van der Waals surface area contributed by atoms with Crippen LogP contribution in [0.5, 0.6) is 5.75 Å². The third-order valence-corrected chi connectivity index (χ3v) is 4.80. The Morgan fingerprint density at radius 3 is 2.63 bits per heavy atom. The number of thioether (sulfide) groups is 1. The molecule has 1 saturated heterocycles. The molecule has 0 spiro atoms. The second kappa shape index (κ2) is 8.61. The number of carbonyl (C=O) groups excluding carboxylic acids is 2. The fourth-order valence-corrected chi connectivity index (χ4v) is 3.38. The zero-order chi connectivity index (χ0) is 19.2. The smallest absolute Gasteiger partial charge is 0.285 e. The van der Waals surface area contributed by atoms with Gasteiger partial charge in [0, 0.05) is 18.0 Å². The van der Waals surface area contributed by atoms with Crippen molar-refractivity contribution in [2.75, 3.05) is 6.61 Å². The SMILES string of the molecule is C=CCOc1ccc(/C=C2/SC(=S)N(NC(=O)c3ccncc3)C2=O)cc1. The van der Waals surface area contributed by atoms with Crippen LogP contribution in [0, 0.1) is 0 Å². The molecule has 1 aliphatic heterocycles. The van der Waals surface area contributed by atoms with Crippen molar-refractivity contribution in [3.8, 4) is 5.75 Å². The fourth-order valence-electron chi connectivity index (χ4n) is 2.20. The van der Waals surface area contributed by atoms with Gasteiger partial charge in [0.25, 0.3) is 11.8 Å². The van der Waals surface area contributed by atoms with Crippen molar-refractivity contribution in [3.63, 3.8) is 0 Å². The summed E-state index contributed by atoms with van der Waals surface area (Å²) < 4.78 is 5.69. The molecule has 27 heavy (non-hydrogen) atoms. The first-order valence-corrected chi connectivity index (χ1v) is 9.13. The summed E-state index contributed by atoms with van der Waals surface area (Å²) in [4.78, 5) is 29.1. The van der Waals surface area contributed by atoms with Gasteiger partial charge < -0.3 is 4.74 Å². The van der Waals surface area contributed by atoms with E-state index in [-0.39, 0.29) is 10.2 Å². The van der Waals surface area contributed by atoms with Gasteiger partial charge in [0.1, 0.15) is 12.4 Å². The first-order valence-electron chi connectivity index (χ1n) is 7.91. The topological polar surface area (TPSA) is 71.5 Å². The minimum atomic E-state index is -0.432. The Kier molecular flexibility index (Phi) is 6.00. The van der Waals surface area contributed by atoms with Gasteiger partial charge >= 0.3 is 0 Å². The van der Waals surface area contributed by atoms with Crippen molar-refractivity contribution >= 4 is 46.2 Å². The molecular weight excluding hydrogens is 382 g/mol. The van der Waals surface area contributed by atoms with E-state index in [1.54, 1.807) is 36.4 Å². The van der Waals surface area contributed by atoms with E-state index in [4.69, 9.17) is 17.0 Å². The Morgan fingerprint density at radius 2 is 1.96 bits per heavy atom. The van der Waals surface area contributed by atoms with E-state index in [1.807, 2.05) is 12.1 Å². The van der Waals surface area contributed by atoms with Crippen LogP contribution in [-0.4, -0.2) is 32.7 Å². The molecule has 2 aromatic rings. The second-order valence-electron chi connectivity index (χ2n) is 5.36. The summed E-state index contributed by atoms with van der Waals surface area (Å²) in [6.07, 6.45) is 6.39. The van der Waals surface area contributed by atoms with Crippen LogP contribution >= 0.6 is 24.0 Å². The van der Waals surface area contributed by atoms with Gasteiger partial charge in [-0.1, -0.05) is 36.5 Å². The lowest BCUT2D eigenvalue weighted by molar-refractivity contribution is -0.123. The number of thiocarbonyl (C=S) groups is 1. The van der Waals surface area contributed by atoms with Crippen LogP contribution in [0.3, 0.4) is 0 Å². The van der Waals surface area contributed by atoms with E-state index < -0.39 is 5.91 Å². The first kappa shape index (κ1) is 18.8. The monoisotopic (exact) mass is 397 g/mol. The van der Waals surface area contributed by atoms with E-state index >= 15 is 0 Å². The highest BCUT2D eigenvalue weighted by Gasteiger charge is 2.33. The number of carbonyl (C=O) groups is 2. The minimum Gasteiger partial charge on any atom is -0.490 e. The van der Waals surface area contributed by atoms with Crippen LogP contribution < -0.4 is 10.2 Å². The summed E-state index contributed by atoms with van der Waals surface area (Å²) in [5.41, 5.74) is 3.74. The van der Waals surface area contributed by atoms with E-state index in [1.165, 1.54) is 12.4 Å². The minimum absolute atomic E-state index is 0.264.